The molecule has 138 valence electrons. The maximum absolute atomic E-state index is 12.6. The molecule has 0 saturated heterocycles. The van der Waals surface area contributed by atoms with E-state index >= 15 is 0 Å². The smallest absolute Gasteiger partial charge is 0.274 e. The number of ether oxygens (including phenoxy) is 1. The molecule has 0 aliphatic rings. The van der Waals surface area contributed by atoms with Crippen LogP contribution in [0.25, 0.3) is 0 Å². The minimum atomic E-state index is -0.316. The van der Waals surface area contributed by atoms with Crippen LogP contribution in [-0.4, -0.2) is 23.0 Å². The van der Waals surface area contributed by atoms with Crippen molar-refractivity contribution in [3.63, 3.8) is 0 Å². The lowest BCUT2D eigenvalue weighted by Crippen LogP contribution is -2.16. The molecule has 3 aromatic rings. The number of anilines is 2. The third kappa shape index (κ3) is 4.82. The van der Waals surface area contributed by atoms with Gasteiger partial charge in [0.2, 0.25) is 5.95 Å². The Bertz CT molecular complexity index is 956. The second kappa shape index (κ2) is 8.31. The zero-order valence-electron chi connectivity index (χ0n) is 15.6. The summed E-state index contributed by atoms with van der Waals surface area (Å²) in [7, 11) is 1.56. The largest absolute Gasteiger partial charge is 0.495 e. The number of hydrogen-bond donors (Lipinski definition) is 2. The van der Waals surface area contributed by atoms with Gasteiger partial charge in [0.15, 0.2) is 0 Å². The Morgan fingerprint density at radius 2 is 1.85 bits per heavy atom. The summed E-state index contributed by atoms with van der Waals surface area (Å²) in [5.41, 5.74) is 3.91. The van der Waals surface area contributed by atoms with Crippen molar-refractivity contribution in [1.82, 2.24) is 9.97 Å². The van der Waals surface area contributed by atoms with Crippen LogP contribution in [0.2, 0.25) is 0 Å². The maximum atomic E-state index is 12.6. The number of hydrogen-bond acceptors (Lipinski definition) is 5. The van der Waals surface area contributed by atoms with E-state index in [4.69, 9.17) is 4.74 Å². The molecule has 0 saturated carbocycles. The first-order valence-corrected chi connectivity index (χ1v) is 8.64. The Morgan fingerprint density at radius 1 is 1.04 bits per heavy atom. The van der Waals surface area contributed by atoms with Gasteiger partial charge in [-0.05, 0) is 37.6 Å². The van der Waals surface area contributed by atoms with Crippen LogP contribution < -0.4 is 15.4 Å². The highest BCUT2D eigenvalue weighted by molar-refractivity contribution is 6.03. The number of carbonyl (C=O) groups is 1. The van der Waals surface area contributed by atoms with E-state index < -0.39 is 0 Å². The molecule has 6 heteroatoms. The van der Waals surface area contributed by atoms with Gasteiger partial charge >= 0.3 is 0 Å². The Morgan fingerprint density at radius 3 is 2.63 bits per heavy atom. The van der Waals surface area contributed by atoms with Crippen LogP contribution in [0.4, 0.5) is 11.6 Å². The van der Waals surface area contributed by atoms with Gasteiger partial charge in [0, 0.05) is 12.2 Å². The summed E-state index contributed by atoms with van der Waals surface area (Å²) in [6, 6.07) is 17.1. The average Bonchev–Trinajstić information content (AvgIpc) is 2.66. The van der Waals surface area contributed by atoms with E-state index in [9.17, 15) is 4.79 Å². The SMILES string of the molecule is COc1ccccc1NC(=O)c1cc(C)nc(NCc2cccc(C)c2)n1. The fourth-order valence-corrected chi connectivity index (χ4v) is 2.70. The first-order valence-electron chi connectivity index (χ1n) is 8.64. The van der Waals surface area contributed by atoms with E-state index in [1.165, 1.54) is 5.56 Å². The number of nitrogens with zero attached hydrogens (tertiary/aromatic N) is 2. The summed E-state index contributed by atoms with van der Waals surface area (Å²) < 4.78 is 5.27. The topological polar surface area (TPSA) is 76.1 Å². The number of nitrogens with one attached hydrogen (secondary N) is 2. The first-order chi connectivity index (χ1) is 13.0. The molecular weight excluding hydrogens is 340 g/mol. The molecule has 3 rings (SSSR count). The third-order valence-electron chi connectivity index (χ3n) is 3.98. The molecule has 1 amide bonds. The van der Waals surface area contributed by atoms with Gasteiger partial charge in [-0.25, -0.2) is 9.97 Å². The van der Waals surface area contributed by atoms with Crippen molar-refractivity contribution in [2.75, 3.05) is 17.7 Å². The molecule has 1 aromatic heterocycles. The van der Waals surface area contributed by atoms with E-state index in [1.807, 2.05) is 44.2 Å². The Kier molecular flexibility index (Phi) is 5.66. The number of para-hydroxylation sites is 2. The zero-order chi connectivity index (χ0) is 19.2. The van der Waals surface area contributed by atoms with Crippen molar-refractivity contribution >= 4 is 17.5 Å². The number of aromatic nitrogens is 2. The molecule has 0 unspecified atom stereocenters. The monoisotopic (exact) mass is 362 g/mol. The molecule has 0 fully saturated rings. The van der Waals surface area contributed by atoms with Gasteiger partial charge in [-0.2, -0.15) is 0 Å². The zero-order valence-corrected chi connectivity index (χ0v) is 15.6. The number of carbonyl (C=O) groups excluding carboxylic acids is 1. The van der Waals surface area contributed by atoms with Gasteiger partial charge in [0.05, 0.1) is 12.8 Å². The first kappa shape index (κ1) is 18.4. The summed E-state index contributed by atoms with van der Waals surface area (Å²) in [6.07, 6.45) is 0. The molecular formula is C21H22N4O2. The van der Waals surface area contributed by atoms with Gasteiger partial charge in [-0.15, -0.1) is 0 Å². The predicted octanol–water partition coefficient (Wildman–Crippen LogP) is 3.97. The summed E-state index contributed by atoms with van der Waals surface area (Å²) in [4.78, 5) is 21.3. The number of methoxy groups -OCH3 is 1. The number of benzene rings is 2. The van der Waals surface area contributed by atoms with Crippen LogP contribution in [0.1, 0.15) is 27.3 Å². The Hall–Kier alpha value is -3.41. The van der Waals surface area contributed by atoms with Crippen LogP contribution >= 0.6 is 0 Å². The van der Waals surface area contributed by atoms with Gasteiger partial charge in [-0.1, -0.05) is 42.0 Å². The lowest BCUT2D eigenvalue weighted by atomic mass is 10.1. The van der Waals surface area contributed by atoms with Gasteiger partial charge in [0.25, 0.3) is 5.91 Å². The fourth-order valence-electron chi connectivity index (χ4n) is 2.70. The van der Waals surface area contributed by atoms with Crippen molar-refractivity contribution in [1.29, 1.82) is 0 Å². The molecule has 0 aliphatic heterocycles. The Balaban J connectivity index is 1.75. The summed E-state index contributed by atoms with van der Waals surface area (Å²) in [6.45, 7) is 4.46. The molecule has 2 N–H and O–H groups in total. The predicted molar refractivity (Wildman–Crippen MR) is 106 cm³/mol. The van der Waals surface area contributed by atoms with Crippen molar-refractivity contribution in [3.05, 3.63) is 77.1 Å². The maximum Gasteiger partial charge on any atom is 0.274 e. The van der Waals surface area contributed by atoms with Crippen molar-refractivity contribution in [3.8, 4) is 5.75 Å². The van der Waals surface area contributed by atoms with E-state index in [2.05, 4.69) is 26.7 Å². The van der Waals surface area contributed by atoms with Gasteiger partial charge in [-0.3, -0.25) is 4.79 Å². The van der Waals surface area contributed by atoms with E-state index in [-0.39, 0.29) is 5.91 Å². The number of amides is 1. The van der Waals surface area contributed by atoms with E-state index in [0.717, 1.165) is 5.56 Å². The highest BCUT2D eigenvalue weighted by atomic mass is 16.5. The van der Waals surface area contributed by atoms with Crippen LogP contribution in [0.15, 0.2) is 54.6 Å². The Labute approximate surface area is 158 Å². The number of rotatable bonds is 6. The second-order valence-corrected chi connectivity index (χ2v) is 6.22. The third-order valence-corrected chi connectivity index (χ3v) is 3.98. The van der Waals surface area contributed by atoms with Gasteiger partial charge < -0.3 is 15.4 Å². The standard InChI is InChI=1S/C21H22N4O2/c1-14-7-6-8-16(11-14)13-22-21-23-15(2)12-18(25-21)20(26)24-17-9-4-5-10-19(17)27-3/h4-12H,13H2,1-3H3,(H,24,26)(H,22,23,25). The molecule has 2 aromatic carbocycles. The van der Waals surface area contributed by atoms with Crippen LogP contribution in [0, 0.1) is 13.8 Å². The van der Waals surface area contributed by atoms with Gasteiger partial charge in [0.1, 0.15) is 11.4 Å². The summed E-state index contributed by atoms with van der Waals surface area (Å²) >= 11 is 0. The highest BCUT2D eigenvalue weighted by Crippen LogP contribution is 2.23. The molecule has 0 radical (unpaired) electrons. The number of aryl methyl sites for hydroxylation is 2. The fraction of sp³-hybridized carbons (Fsp3) is 0.190. The summed E-state index contributed by atoms with van der Waals surface area (Å²) in [5, 5.41) is 6.02. The van der Waals surface area contributed by atoms with Crippen LogP contribution in [0.3, 0.4) is 0 Å². The molecule has 1 heterocycles. The lowest BCUT2D eigenvalue weighted by molar-refractivity contribution is 0.102. The van der Waals surface area contributed by atoms with Crippen molar-refractivity contribution in [2.24, 2.45) is 0 Å². The van der Waals surface area contributed by atoms with Crippen molar-refractivity contribution in [2.45, 2.75) is 20.4 Å². The molecule has 0 bridgehead atoms. The second-order valence-electron chi connectivity index (χ2n) is 6.22. The minimum absolute atomic E-state index is 0.292. The van der Waals surface area contributed by atoms with Crippen LogP contribution in [0.5, 0.6) is 5.75 Å². The molecule has 6 nitrogen and oxygen atoms in total. The summed E-state index contributed by atoms with van der Waals surface area (Å²) in [5.74, 6) is 0.694. The van der Waals surface area contributed by atoms with E-state index in [0.29, 0.717) is 35.3 Å². The molecule has 0 aliphatic carbocycles. The van der Waals surface area contributed by atoms with E-state index in [1.54, 1.807) is 25.3 Å². The molecule has 27 heavy (non-hydrogen) atoms. The normalized spacial score (nSPS) is 10.3. The van der Waals surface area contributed by atoms with Crippen molar-refractivity contribution < 1.29 is 9.53 Å². The highest BCUT2D eigenvalue weighted by Gasteiger charge is 2.13. The molecule has 0 atom stereocenters. The average molecular weight is 362 g/mol. The lowest BCUT2D eigenvalue weighted by Gasteiger charge is -2.11. The quantitative estimate of drug-likeness (QED) is 0.694. The van der Waals surface area contributed by atoms with Crippen LogP contribution in [-0.2, 0) is 6.54 Å². The minimum Gasteiger partial charge on any atom is -0.495 e. The molecule has 0 spiro atoms.